The lowest BCUT2D eigenvalue weighted by Gasteiger charge is -2.12. The van der Waals surface area contributed by atoms with E-state index in [1.807, 2.05) is 0 Å². The van der Waals surface area contributed by atoms with Crippen LogP contribution >= 0.6 is 35.4 Å². The quantitative estimate of drug-likeness (QED) is 0.685. The summed E-state index contributed by atoms with van der Waals surface area (Å²) in [5, 5.41) is 6.33. The summed E-state index contributed by atoms with van der Waals surface area (Å²) in [6.45, 7) is 4.77. The fraction of sp³-hybridized carbons (Fsp3) is 0.222. The zero-order valence-corrected chi connectivity index (χ0v) is 16.1. The number of ether oxygens (including phenoxy) is 1. The van der Waals surface area contributed by atoms with Crippen molar-refractivity contribution in [2.24, 2.45) is 5.92 Å². The Morgan fingerprint density at radius 1 is 1.16 bits per heavy atom. The standard InChI is InChI=1S/C18H18Cl2N2O2S/c1-11(2)10-24-13-8-6-12(7-9-13)17(23)22-18(25)21-15-5-3-4-14(19)16(15)20/h3-9,11H,10H2,1-2H3,(H2,21,22,23,25). The molecule has 0 spiro atoms. The zero-order chi connectivity index (χ0) is 18.4. The van der Waals surface area contributed by atoms with E-state index in [1.54, 1.807) is 42.5 Å². The minimum atomic E-state index is -0.328. The van der Waals surface area contributed by atoms with Crippen molar-refractivity contribution >= 4 is 52.1 Å². The summed E-state index contributed by atoms with van der Waals surface area (Å²) >= 11 is 17.2. The lowest BCUT2D eigenvalue weighted by molar-refractivity contribution is 0.0977. The van der Waals surface area contributed by atoms with Crippen LogP contribution in [0, 0.1) is 5.92 Å². The molecule has 0 heterocycles. The molecule has 0 bridgehead atoms. The lowest BCUT2D eigenvalue weighted by atomic mass is 10.2. The van der Waals surface area contributed by atoms with E-state index in [-0.39, 0.29) is 11.0 Å². The van der Waals surface area contributed by atoms with Crippen molar-refractivity contribution < 1.29 is 9.53 Å². The van der Waals surface area contributed by atoms with Gasteiger partial charge in [-0.15, -0.1) is 0 Å². The number of carbonyl (C=O) groups is 1. The monoisotopic (exact) mass is 396 g/mol. The number of thiocarbonyl (C=S) groups is 1. The topological polar surface area (TPSA) is 50.4 Å². The molecule has 0 aliphatic heterocycles. The van der Waals surface area contributed by atoms with Gasteiger partial charge in [-0.05, 0) is 54.5 Å². The van der Waals surface area contributed by atoms with Gasteiger partial charge in [-0.2, -0.15) is 0 Å². The highest BCUT2D eigenvalue weighted by atomic mass is 35.5. The molecule has 1 amide bonds. The largest absolute Gasteiger partial charge is 0.493 e. The van der Waals surface area contributed by atoms with Gasteiger partial charge in [0.15, 0.2) is 5.11 Å². The number of anilines is 1. The number of amides is 1. The maximum absolute atomic E-state index is 12.2. The first-order chi connectivity index (χ1) is 11.9. The molecule has 0 unspecified atom stereocenters. The Bertz CT molecular complexity index is 764. The summed E-state index contributed by atoms with van der Waals surface area (Å²) in [7, 11) is 0. The summed E-state index contributed by atoms with van der Waals surface area (Å²) in [5.74, 6) is 0.826. The molecule has 2 aromatic rings. The molecule has 25 heavy (non-hydrogen) atoms. The normalized spacial score (nSPS) is 10.4. The molecule has 0 saturated carbocycles. The van der Waals surface area contributed by atoms with E-state index in [0.29, 0.717) is 33.8 Å². The number of rotatable bonds is 5. The van der Waals surface area contributed by atoms with Crippen LogP contribution in [0.2, 0.25) is 10.0 Å². The molecule has 0 radical (unpaired) electrons. The molecule has 132 valence electrons. The van der Waals surface area contributed by atoms with E-state index >= 15 is 0 Å². The summed E-state index contributed by atoms with van der Waals surface area (Å²) in [6.07, 6.45) is 0. The van der Waals surface area contributed by atoms with Crippen LogP contribution in [0.5, 0.6) is 5.75 Å². The molecule has 0 saturated heterocycles. The van der Waals surface area contributed by atoms with E-state index < -0.39 is 0 Å². The van der Waals surface area contributed by atoms with Crippen molar-refractivity contribution in [1.82, 2.24) is 5.32 Å². The van der Waals surface area contributed by atoms with Crippen LogP contribution in [0.25, 0.3) is 0 Å². The molecule has 0 aliphatic carbocycles. The highest BCUT2D eigenvalue weighted by Gasteiger charge is 2.10. The fourth-order valence-electron chi connectivity index (χ4n) is 1.89. The molecule has 2 aromatic carbocycles. The van der Waals surface area contributed by atoms with E-state index in [4.69, 9.17) is 40.2 Å². The number of carbonyl (C=O) groups excluding carboxylic acids is 1. The van der Waals surface area contributed by atoms with Crippen LogP contribution in [0.4, 0.5) is 5.69 Å². The molecular formula is C18H18Cl2N2O2S. The van der Waals surface area contributed by atoms with Crippen molar-refractivity contribution in [3.8, 4) is 5.75 Å². The van der Waals surface area contributed by atoms with Gasteiger partial charge in [-0.3, -0.25) is 10.1 Å². The van der Waals surface area contributed by atoms with Crippen molar-refractivity contribution in [2.75, 3.05) is 11.9 Å². The smallest absolute Gasteiger partial charge is 0.257 e. The second-order valence-corrected chi connectivity index (χ2v) is 6.93. The van der Waals surface area contributed by atoms with Gasteiger partial charge in [0.05, 0.1) is 22.3 Å². The van der Waals surface area contributed by atoms with Gasteiger partial charge in [-0.25, -0.2) is 0 Å². The zero-order valence-electron chi connectivity index (χ0n) is 13.8. The fourth-order valence-corrected chi connectivity index (χ4v) is 2.45. The molecule has 0 aliphatic rings. The SMILES string of the molecule is CC(C)COc1ccc(C(=O)NC(=S)Nc2cccc(Cl)c2Cl)cc1. The Balaban J connectivity index is 1.94. The summed E-state index contributed by atoms with van der Waals surface area (Å²) in [4.78, 5) is 12.2. The number of nitrogens with one attached hydrogen (secondary N) is 2. The average molecular weight is 397 g/mol. The van der Waals surface area contributed by atoms with Gasteiger partial charge in [0, 0.05) is 5.56 Å². The van der Waals surface area contributed by atoms with E-state index in [2.05, 4.69) is 24.5 Å². The first kappa shape index (κ1) is 19.5. The Morgan fingerprint density at radius 2 is 1.84 bits per heavy atom. The summed E-state index contributed by atoms with van der Waals surface area (Å²) in [6, 6.07) is 12.0. The van der Waals surface area contributed by atoms with Gasteiger partial charge in [0.1, 0.15) is 5.75 Å². The molecular weight excluding hydrogens is 379 g/mol. The predicted molar refractivity (Wildman–Crippen MR) is 107 cm³/mol. The van der Waals surface area contributed by atoms with E-state index in [1.165, 1.54) is 0 Å². The molecule has 7 heteroatoms. The van der Waals surface area contributed by atoms with Crippen LogP contribution in [0.15, 0.2) is 42.5 Å². The third kappa shape index (κ3) is 5.88. The van der Waals surface area contributed by atoms with Gasteiger partial charge in [0.2, 0.25) is 0 Å². The first-order valence-corrected chi connectivity index (χ1v) is 8.82. The maximum Gasteiger partial charge on any atom is 0.257 e. The van der Waals surface area contributed by atoms with Crippen LogP contribution in [-0.2, 0) is 0 Å². The molecule has 2 rings (SSSR count). The minimum Gasteiger partial charge on any atom is -0.493 e. The highest BCUT2D eigenvalue weighted by Crippen LogP contribution is 2.29. The second-order valence-electron chi connectivity index (χ2n) is 5.74. The van der Waals surface area contributed by atoms with E-state index in [9.17, 15) is 4.79 Å². The first-order valence-electron chi connectivity index (χ1n) is 7.66. The van der Waals surface area contributed by atoms with Crippen LogP contribution in [-0.4, -0.2) is 17.6 Å². The number of halogens is 2. The molecule has 0 atom stereocenters. The number of benzene rings is 2. The van der Waals surface area contributed by atoms with Crippen LogP contribution < -0.4 is 15.4 Å². The van der Waals surface area contributed by atoms with Gasteiger partial charge in [0.25, 0.3) is 5.91 Å². The minimum absolute atomic E-state index is 0.134. The average Bonchev–Trinajstić information content (AvgIpc) is 2.57. The van der Waals surface area contributed by atoms with E-state index in [0.717, 1.165) is 5.75 Å². The Morgan fingerprint density at radius 3 is 2.48 bits per heavy atom. The summed E-state index contributed by atoms with van der Waals surface area (Å²) in [5.41, 5.74) is 0.995. The molecule has 2 N–H and O–H groups in total. The van der Waals surface area contributed by atoms with Gasteiger partial charge >= 0.3 is 0 Å². The molecule has 0 fully saturated rings. The molecule has 4 nitrogen and oxygen atoms in total. The second kappa shape index (κ2) is 9.04. The third-order valence-electron chi connectivity index (χ3n) is 3.13. The van der Waals surface area contributed by atoms with Gasteiger partial charge < -0.3 is 10.1 Å². The van der Waals surface area contributed by atoms with Crippen LogP contribution in [0.3, 0.4) is 0 Å². The summed E-state index contributed by atoms with van der Waals surface area (Å²) < 4.78 is 5.59. The Hall–Kier alpha value is -1.82. The molecule has 0 aromatic heterocycles. The van der Waals surface area contributed by atoms with Crippen LogP contribution in [0.1, 0.15) is 24.2 Å². The van der Waals surface area contributed by atoms with Crippen molar-refractivity contribution in [3.63, 3.8) is 0 Å². The number of hydrogen-bond donors (Lipinski definition) is 2. The van der Waals surface area contributed by atoms with Crippen molar-refractivity contribution in [3.05, 3.63) is 58.1 Å². The van der Waals surface area contributed by atoms with Gasteiger partial charge in [-0.1, -0.05) is 43.1 Å². The lowest BCUT2D eigenvalue weighted by Crippen LogP contribution is -2.34. The highest BCUT2D eigenvalue weighted by molar-refractivity contribution is 7.80. The van der Waals surface area contributed by atoms with Crippen molar-refractivity contribution in [1.29, 1.82) is 0 Å². The maximum atomic E-state index is 12.2. The Kier molecular flexibility index (Phi) is 7.05. The Labute approximate surface area is 162 Å². The third-order valence-corrected chi connectivity index (χ3v) is 4.15. The predicted octanol–water partition coefficient (Wildman–Crippen LogP) is 5.16. The van der Waals surface area contributed by atoms with Crippen molar-refractivity contribution in [2.45, 2.75) is 13.8 Å². The number of hydrogen-bond acceptors (Lipinski definition) is 3.